The zero-order valence-electron chi connectivity index (χ0n) is 15.5. The maximum absolute atomic E-state index is 12.0. The van der Waals surface area contributed by atoms with E-state index in [0.29, 0.717) is 18.7 Å². The smallest absolute Gasteiger partial charge is 0.343 e. The topological polar surface area (TPSA) is 68.1 Å². The molecule has 132 valence electrons. The van der Waals surface area contributed by atoms with Gasteiger partial charge in [-0.2, -0.15) is 0 Å². The van der Waals surface area contributed by atoms with E-state index in [4.69, 9.17) is 9.16 Å². The van der Waals surface area contributed by atoms with Crippen LogP contribution in [-0.4, -0.2) is 44.4 Å². The van der Waals surface area contributed by atoms with E-state index in [-0.39, 0.29) is 29.0 Å². The number of esters is 1. The van der Waals surface area contributed by atoms with Crippen molar-refractivity contribution in [3.05, 3.63) is 11.3 Å². The number of hydrogen-bond donors (Lipinski definition) is 1. The molecule has 0 bridgehead atoms. The second kappa shape index (κ2) is 7.62. The van der Waals surface area contributed by atoms with Gasteiger partial charge in [-0.1, -0.05) is 20.8 Å². The van der Waals surface area contributed by atoms with Crippen LogP contribution in [0.15, 0.2) is 16.3 Å². The molecular formula is C17H31NO4Si. The Morgan fingerprint density at radius 2 is 2.00 bits per heavy atom. The van der Waals surface area contributed by atoms with Crippen LogP contribution in [0.2, 0.25) is 18.1 Å². The molecule has 1 rings (SSSR count). The van der Waals surface area contributed by atoms with Crippen molar-refractivity contribution in [3.63, 3.8) is 0 Å². The fourth-order valence-electron chi connectivity index (χ4n) is 2.16. The number of ether oxygens (including phenoxy) is 1. The van der Waals surface area contributed by atoms with Crippen LogP contribution in [0.5, 0.6) is 0 Å². The lowest BCUT2D eigenvalue weighted by atomic mass is 10.1. The first-order valence-electron chi connectivity index (χ1n) is 8.27. The third kappa shape index (κ3) is 5.17. The first-order valence-corrected chi connectivity index (χ1v) is 11.2. The Kier molecular flexibility index (Phi) is 6.59. The van der Waals surface area contributed by atoms with E-state index in [9.17, 15) is 9.90 Å². The van der Waals surface area contributed by atoms with Crippen LogP contribution in [0.3, 0.4) is 0 Å². The van der Waals surface area contributed by atoms with Gasteiger partial charge in [0.2, 0.25) is 0 Å². The van der Waals surface area contributed by atoms with Gasteiger partial charge in [-0.05, 0) is 44.8 Å². The lowest BCUT2D eigenvalue weighted by molar-refractivity contribution is -0.138. The number of allylic oxidation sites excluding steroid dienone is 1. The van der Waals surface area contributed by atoms with Gasteiger partial charge in [0.25, 0.3) is 0 Å². The molecule has 1 aliphatic rings. The van der Waals surface area contributed by atoms with Crippen molar-refractivity contribution >= 4 is 20.0 Å². The van der Waals surface area contributed by atoms with E-state index >= 15 is 0 Å². The number of aliphatic imine (C=N–C) groups is 1. The molecule has 0 aromatic rings. The van der Waals surface area contributed by atoms with Crippen LogP contribution >= 0.6 is 0 Å². The van der Waals surface area contributed by atoms with Crippen LogP contribution in [0.1, 0.15) is 47.5 Å². The number of hydrogen-bond acceptors (Lipinski definition) is 5. The molecule has 0 amide bonds. The molecule has 1 N–H and O–H groups in total. The number of carbonyl (C=O) groups is 1. The molecule has 1 aliphatic heterocycles. The summed E-state index contributed by atoms with van der Waals surface area (Å²) in [6.45, 7) is 15.1. The van der Waals surface area contributed by atoms with E-state index in [0.717, 1.165) is 6.42 Å². The average Bonchev–Trinajstić information content (AvgIpc) is 2.83. The van der Waals surface area contributed by atoms with Gasteiger partial charge < -0.3 is 14.3 Å². The molecule has 1 heterocycles. The van der Waals surface area contributed by atoms with Crippen molar-refractivity contribution in [1.29, 1.82) is 0 Å². The summed E-state index contributed by atoms with van der Waals surface area (Å²) in [5, 5.41) is 9.96. The summed E-state index contributed by atoms with van der Waals surface area (Å²) in [6, 6.07) is 0.0444. The summed E-state index contributed by atoms with van der Waals surface area (Å²) in [5.41, 5.74) is 0.842. The normalized spacial score (nSPS) is 20.1. The highest BCUT2D eigenvalue weighted by Crippen LogP contribution is 2.37. The number of rotatable bonds is 6. The van der Waals surface area contributed by atoms with Gasteiger partial charge in [-0.3, -0.25) is 4.99 Å². The largest absolute Gasteiger partial charge is 0.512 e. The molecule has 0 fully saturated rings. The first kappa shape index (κ1) is 19.9. The molecule has 0 aromatic carbocycles. The van der Waals surface area contributed by atoms with Crippen molar-refractivity contribution in [2.24, 2.45) is 4.99 Å². The van der Waals surface area contributed by atoms with Crippen LogP contribution < -0.4 is 0 Å². The molecule has 0 saturated heterocycles. The Morgan fingerprint density at radius 3 is 2.48 bits per heavy atom. The zero-order chi connectivity index (χ0) is 17.8. The Balaban J connectivity index is 2.78. The summed E-state index contributed by atoms with van der Waals surface area (Å²) in [7, 11) is -1.80. The summed E-state index contributed by atoms with van der Waals surface area (Å²) < 4.78 is 11.2. The Bertz CT molecular complexity index is 499. The van der Waals surface area contributed by atoms with Gasteiger partial charge in [0.15, 0.2) is 8.32 Å². The Hall–Kier alpha value is -1.14. The maximum Gasteiger partial charge on any atom is 0.343 e. The lowest BCUT2D eigenvalue weighted by Gasteiger charge is -2.36. The molecule has 0 radical (unpaired) electrons. The number of aliphatic hydroxyl groups is 1. The number of nitrogens with zero attached hydrogens (tertiary/aromatic N) is 1. The van der Waals surface area contributed by atoms with Crippen LogP contribution in [0.4, 0.5) is 0 Å². The van der Waals surface area contributed by atoms with Gasteiger partial charge in [0.05, 0.1) is 25.0 Å². The van der Waals surface area contributed by atoms with E-state index in [1.165, 1.54) is 6.92 Å². The fraction of sp³-hybridized carbons (Fsp3) is 0.765. The third-order valence-electron chi connectivity index (χ3n) is 4.63. The molecule has 23 heavy (non-hydrogen) atoms. The quantitative estimate of drug-likeness (QED) is 0.343. The monoisotopic (exact) mass is 341 g/mol. The van der Waals surface area contributed by atoms with Crippen molar-refractivity contribution < 1.29 is 19.1 Å². The van der Waals surface area contributed by atoms with Crippen molar-refractivity contribution in [1.82, 2.24) is 0 Å². The standard InChI is InChI=1S/C17H31NO4Si/c1-8-21-16(20)15(12(2)19)14-10-9-13(18-14)11-22-23(6,7)17(3,4)5/h13,19H,8-11H2,1-7H3/b15-12-/t13-/m0/s1. The SMILES string of the molecule is CCOC(=O)/C(C1=N[C@H](CO[Si](C)(C)C(C)(C)C)CC1)=C(/C)O. The molecule has 0 aliphatic carbocycles. The predicted octanol–water partition coefficient (Wildman–Crippen LogP) is 4.01. The minimum Gasteiger partial charge on any atom is -0.512 e. The van der Waals surface area contributed by atoms with Crippen LogP contribution in [0, 0.1) is 0 Å². The molecule has 0 unspecified atom stereocenters. The highest BCUT2D eigenvalue weighted by atomic mass is 28.4. The number of carbonyl (C=O) groups excluding carboxylic acids is 1. The van der Waals surface area contributed by atoms with Crippen LogP contribution in [-0.2, 0) is 14.0 Å². The predicted molar refractivity (Wildman–Crippen MR) is 95.6 cm³/mol. The van der Waals surface area contributed by atoms with E-state index in [1.54, 1.807) is 6.92 Å². The van der Waals surface area contributed by atoms with Gasteiger partial charge in [-0.25, -0.2) is 4.79 Å². The van der Waals surface area contributed by atoms with Crippen molar-refractivity contribution in [2.45, 2.75) is 71.6 Å². The van der Waals surface area contributed by atoms with Crippen molar-refractivity contribution in [3.8, 4) is 0 Å². The Morgan fingerprint density at radius 1 is 1.39 bits per heavy atom. The average molecular weight is 342 g/mol. The van der Waals surface area contributed by atoms with E-state index < -0.39 is 14.3 Å². The van der Waals surface area contributed by atoms with Gasteiger partial charge in [0, 0.05) is 0 Å². The molecular weight excluding hydrogens is 310 g/mol. The van der Waals surface area contributed by atoms with Gasteiger partial charge in [-0.15, -0.1) is 0 Å². The van der Waals surface area contributed by atoms with Crippen molar-refractivity contribution in [2.75, 3.05) is 13.2 Å². The molecule has 0 spiro atoms. The molecule has 0 aromatic heterocycles. The first-order chi connectivity index (χ1) is 10.5. The maximum atomic E-state index is 12.0. The summed E-state index contributed by atoms with van der Waals surface area (Å²) in [4.78, 5) is 16.6. The molecule has 5 nitrogen and oxygen atoms in total. The van der Waals surface area contributed by atoms with E-state index in [2.05, 4.69) is 38.9 Å². The lowest BCUT2D eigenvalue weighted by Crippen LogP contribution is -2.42. The second-order valence-electron chi connectivity index (χ2n) is 7.52. The van der Waals surface area contributed by atoms with E-state index in [1.807, 2.05) is 0 Å². The van der Waals surface area contributed by atoms with Gasteiger partial charge in [0.1, 0.15) is 11.3 Å². The number of aliphatic hydroxyl groups excluding tert-OH is 1. The zero-order valence-corrected chi connectivity index (χ0v) is 16.5. The highest BCUT2D eigenvalue weighted by molar-refractivity contribution is 6.74. The third-order valence-corrected chi connectivity index (χ3v) is 9.13. The fourth-order valence-corrected chi connectivity index (χ4v) is 3.20. The summed E-state index contributed by atoms with van der Waals surface area (Å²) >= 11 is 0. The highest BCUT2D eigenvalue weighted by Gasteiger charge is 2.38. The minimum atomic E-state index is -1.80. The molecule has 6 heteroatoms. The molecule has 0 saturated carbocycles. The summed E-state index contributed by atoms with van der Waals surface area (Å²) in [6.07, 6.45) is 1.50. The summed E-state index contributed by atoms with van der Waals surface area (Å²) in [5.74, 6) is -0.537. The van der Waals surface area contributed by atoms with Crippen LogP contribution in [0.25, 0.3) is 0 Å². The molecule has 1 atom stereocenters. The second-order valence-corrected chi connectivity index (χ2v) is 12.3. The van der Waals surface area contributed by atoms with Gasteiger partial charge >= 0.3 is 5.97 Å². The Labute approximate surface area is 140 Å². The minimum absolute atomic E-state index is 0.0341.